The Labute approximate surface area is 80.9 Å². The molecule has 0 aromatic rings. The molecule has 77 valence electrons. The van der Waals surface area contributed by atoms with Crippen LogP contribution in [0.5, 0.6) is 0 Å². The number of hydrogen-bond donors (Lipinski definition) is 2. The molecule has 0 aliphatic carbocycles. The van der Waals surface area contributed by atoms with Gasteiger partial charge in [0.15, 0.2) is 0 Å². The maximum absolute atomic E-state index is 9.87. The average molecular weight is 185 g/mol. The summed E-state index contributed by atoms with van der Waals surface area (Å²) in [6.07, 6.45) is 1.63. The van der Waals surface area contributed by atoms with Crippen LogP contribution in [0.2, 0.25) is 0 Å². The predicted octanol–water partition coefficient (Wildman–Crippen LogP) is 0.386. The lowest BCUT2D eigenvalue weighted by molar-refractivity contribution is -0.0123. The van der Waals surface area contributed by atoms with Crippen LogP contribution in [0.4, 0.5) is 0 Å². The van der Waals surface area contributed by atoms with E-state index < -0.39 is 5.60 Å². The molecule has 0 unspecified atom stereocenters. The Bertz CT molecular complexity index is 151. The summed E-state index contributed by atoms with van der Waals surface area (Å²) in [5.74, 6) is 1.43. The van der Waals surface area contributed by atoms with Crippen LogP contribution in [-0.2, 0) is 0 Å². The number of nitrogens with two attached hydrogens (primary N) is 1. The Balaban J connectivity index is 2.30. The van der Waals surface area contributed by atoms with Gasteiger partial charge in [-0.3, -0.25) is 0 Å². The summed E-state index contributed by atoms with van der Waals surface area (Å²) in [6.45, 7) is 7.68. The third-order valence-electron chi connectivity index (χ3n) is 2.71. The maximum atomic E-state index is 9.87. The molecule has 0 bridgehead atoms. The third kappa shape index (κ3) is 3.25. The molecule has 0 aromatic heterocycles. The number of aliphatic hydroxyl groups is 1. The summed E-state index contributed by atoms with van der Waals surface area (Å²) in [7, 11) is 0. The number of nitrogens with zero attached hydrogens (tertiary/aromatic N) is 1. The molecule has 1 radical (unpaired) electrons. The number of piperidine rings is 1. The molecule has 3 N–H and O–H groups in total. The first kappa shape index (κ1) is 11.0. The summed E-state index contributed by atoms with van der Waals surface area (Å²) in [5.41, 5.74) is 4.93. The summed E-state index contributed by atoms with van der Waals surface area (Å²) >= 11 is 0. The van der Waals surface area contributed by atoms with Crippen LogP contribution in [0.1, 0.15) is 26.7 Å². The fourth-order valence-electron chi connectivity index (χ4n) is 1.78. The van der Waals surface area contributed by atoms with Gasteiger partial charge in [-0.25, -0.2) is 0 Å². The fraction of sp³-hybridized carbons (Fsp3) is 0.900. The van der Waals surface area contributed by atoms with E-state index in [-0.39, 0.29) is 0 Å². The van der Waals surface area contributed by atoms with Crippen LogP contribution in [0.25, 0.3) is 0 Å². The van der Waals surface area contributed by atoms with Gasteiger partial charge in [-0.15, -0.1) is 0 Å². The van der Waals surface area contributed by atoms with Crippen molar-refractivity contribution in [1.82, 2.24) is 4.90 Å². The highest BCUT2D eigenvalue weighted by Gasteiger charge is 2.30. The van der Waals surface area contributed by atoms with Gasteiger partial charge < -0.3 is 15.7 Å². The van der Waals surface area contributed by atoms with Crippen LogP contribution in [-0.4, -0.2) is 41.8 Å². The standard InChI is InChI=1S/C10H21N2O/c1-9(2)7-12-5-3-10(13,8-11)4-6-12/h13H,3-8,11H2,1-2H3. The molecule has 3 nitrogen and oxygen atoms in total. The van der Waals surface area contributed by atoms with Gasteiger partial charge in [0.1, 0.15) is 0 Å². The molecule has 13 heavy (non-hydrogen) atoms. The molecule has 1 rings (SSSR count). The maximum Gasteiger partial charge on any atom is 0.0793 e. The van der Waals surface area contributed by atoms with E-state index in [9.17, 15) is 5.11 Å². The van der Waals surface area contributed by atoms with Crippen molar-refractivity contribution in [1.29, 1.82) is 0 Å². The van der Waals surface area contributed by atoms with Crippen molar-refractivity contribution >= 4 is 0 Å². The minimum absolute atomic E-state index is 0.398. The van der Waals surface area contributed by atoms with Crippen molar-refractivity contribution < 1.29 is 5.11 Å². The largest absolute Gasteiger partial charge is 0.388 e. The smallest absolute Gasteiger partial charge is 0.0793 e. The van der Waals surface area contributed by atoms with E-state index in [2.05, 4.69) is 18.7 Å². The number of rotatable bonds is 3. The van der Waals surface area contributed by atoms with E-state index in [1.54, 1.807) is 0 Å². The zero-order valence-electron chi connectivity index (χ0n) is 8.71. The van der Waals surface area contributed by atoms with Gasteiger partial charge in [0, 0.05) is 26.2 Å². The molecule has 3 heteroatoms. The lowest BCUT2D eigenvalue weighted by Gasteiger charge is -2.37. The fourth-order valence-corrected chi connectivity index (χ4v) is 1.78. The second-order valence-corrected chi connectivity index (χ2v) is 4.41. The van der Waals surface area contributed by atoms with Crippen molar-refractivity contribution in [3.8, 4) is 0 Å². The van der Waals surface area contributed by atoms with Gasteiger partial charge in [-0.05, 0) is 18.8 Å². The highest BCUT2D eigenvalue weighted by atomic mass is 16.3. The van der Waals surface area contributed by atoms with Crippen molar-refractivity contribution in [2.75, 3.05) is 26.2 Å². The van der Waals surface area contributed by atoms with Gasteiger partial charge in [-0.2, -0.15) is 0 Å². The van der Waals surface area contributed by atoms with E-state index in [0.29, 0.717) is 6.54 Å². The summed E-state index contributed by atoms with van der Waals surface area (Å²) < 4.78 is 0. The zero-order chi connectivity index (χ0) is 9.90. The van der Waals surface area contributed by atoms with E-state index in [4.69, 9.17) is 5.73 Å². The Morgan fingerprint density at radius 1 is 1.38 bits per heavy atom. The highest BCUT2D eigenvalue weighted by molar-refractivity contribution is 4.90. The lowest BCUT2D eigenvalue weighted by Crippen LogP contribution is -2.49. The average Bonchev–Trinajstić information content (AvgIpc) is 2.09. The molecule has 1 aliphatic heterocycles. The Morgan fingerprint density at radius 2 is 1.92 bits per heavy atom. The van der Waals surface area contributed by atoms with Gasteiger partial charge in [0.2, 0.25) is 0 Å². The van der Waals surface area contributed by atoms with E-state index in [1.165, 1.54) is 5.92 Å². The minimum atomic E-state index is -0.585. The Morgan fingerprint density at radius 3 is 2.31 bits per heavy atom. The normalized spacial score (nSPS) is 23.8. The van der Waals surface area contributed by atoms with Gasteiger partial charge in [0.25, 0.3) is 0 Å². The van der Waals surface area contributed by atoms with Crippen molar-refractivity contribution in [2.45, 2.75) is 32.3 Å². The van der Waals surface area contributed by atoms with Crippen LogP contribution in [0.15, 0.2) is 0 Å². The molecule has 1 heterocycles. The molecule has 1 aliphatic rings. The molecule has 0 saturated carbocycles. The summed E-state index contributed by atoms with van der Waals surface area (Å²) in [5, 5.41) is 9.87. The first-order valence-corrected chi connectivity index (χ1v) is 4.99. The topological polar surface area (TPSA) is 49.5 Å². The zero-order valence-corrected chi connectivity index (χ0v) is 8.71. The molecule has 0 atom stereocenters. The highest BCUT2D eigenvalue weighted by Crippen LogP contribution is 2.21. The van der Waals surface area contributed by atoms with Crippen LogP contribution >= 0.6 is 0 Å². The van der Waals surface area contributed by atoms with Crippen molar-refractivity contribution in [3.63, 3.8) is 0 Å². The molecule has 0 amide bonds. The molecule has 0 spiro atoms. The van der Waals surface area contributed by atoms with E-state index in [1.807, 2.05) is 0 Å². The molecule has 1 saturated heterocycles. The third-order valence-corrected chi connectivity index (χ3v) is 2.71. The molecular formula is C10H21N2O. The van der Waals surface area contributed by atoms with Crippen molar-refractivity contribution in [2.24, 2.45) is 5.73 Å². The quantitative estimate of drug-likeness (QED) is 0.668. The van der Waals surface area contributed by atoms with Gasteiger partial charge >= 0.3 is 0 Å². The van der Waals surface area contributed by atoms with Gasteiger partial charge in [0.05, 0.1) is 5.60 Å². The Hall–Kier alpha value is -0.120. The second kappa shape index (κ2) is 4.40. The first-order chi connectivity index (χ1) is 6.06. The van der Waals surface area contributed by atoms with E-state index >= 15 is 0 Å². The van der Waals surface area contributed by atoms with Crippen LogP contribution < -0.4 is 5.73 Å². The summed E-state index contributed by atoms with van der Waals surface area (Å²) in [6, 6.07) is 0. The Kier molecular flexibility index (Phi) is 3.71. The van der Waals surface area contributed by atoms with Crippen LogP contribution in [0.3, 0.4) is 0 Å². The molecule has 0 aromatic carbocycles. The van der Waals surface area contributed by atoms with Gasteiger partial charge in [-0.1, -0.05) is 13.8 Å². The van der Waals surface area contributed by atoms with Crippen LogP contribution in [0, 0.1) is 5.92 Å². The summed E-state index contributed by atoms with van der Waals surface area (Å²) in [4.78, 5) is 2.37. The van der Waals surface area contributed by atoms with E-state index in [0.717, 1.165) is 32.5 Å². The molecule has 1 fully saturated rings. The monoisotopic (exact) mass is 185 g/mol. The second-order valence-electron chi connectivity index (χ2n) is 4.41. The first-order valence-electron chi connectivity index (χ1n) is 4.99. The number of hydrogen-bond acceptors (Lipinski definition) is 3. The lowest BCUT2D eigenvalue weighted by atomic mass is 9.91. The number of likely N-dealkylation sites (tertiary alicyclic amines) is 1. The molecular weight excluding hydrogens is 164 g/mol. The predicted molar refractivity (Wildman–Crippen MR) is 54.3 cm³/mol. The minimum Gasteiger partial charge on any atom is -0.388 e. The SMILES string of the molecule is C[C](C)CN1CCC(O)(CN)CC1. The van der Waals surface area contributed by atoms with Crippen molar-refractivity contribution in [3.05, 3.63) is 5.92 Å².